The second-order valence-electron chi connectivity index (χ2n) is 3.66. The van der Waals surface area contributed by atoms with E-state index in [9.17, 15) is 4.21 Å². The lowest BCUT2D eigenvalue weighted by Crippen LogP contribution is -2.47. The van der Waals surface area contributed by atoms with Crippen molar-refractivity contribution in [1.82, 2.24) is 4.90 Å². The van der Waals surface area contributed by atoms with Gasteiger partial charge in [0.25, 0.3) is 0 Å². The van der Waals surface area contributed by atoms with E-state index in [0.29, 0.717) is 11.6 Å². The molecule has 1 aliphatic rings. The fourth-order valence-electron chi connectivity index (χ4n) is 1.72. The molecule has 13 heavy (non-hydrogen) atoms. The zero-order valence-electron chi connectivity index (χ0n) is 8.12. The molecule has 1 aliphatic heterocycles. The van der Waals surface area contributed by atoms with Crippen molar-refractivity contribution in [3.8, 4) is 0 Å². The van der Waals surface area contributed by atoms with Crippen LogP contribution in [0.15, 0.2) is 11.6 Å². The van der Waals surface area contributed by atoms with Crippen molar-refractivity contribution >= 4 is 22.4 Å². The normalized spacial score (nSPS) is 36.1. The van der Waals surface area contributed by atoms with Gasteiger partial charge in [-0.15, -0.1) is 0 Å². The smallest absolute Gasteiger partial charge is 0.0450 e. The number of rotatable bonds is 2. The minimum Gasteiger partial charge on any atom is -0.296 e. The summed E-state index contributed by atoms with van der Waals surface area (Å²) in [6, 6.07) is 0. The Morgan fingerprint density at radius 1 is 1.54 bits per heavy atom. The molecule has 0 aromatic rings. The number of nitrogens with zero attached hydrogens (tertiary/aromatic N) is 1. The van der Waals surface area contributed by atoms with Gasteiger partial charge in [0.2, 0.25) is 0 Å². The highest BCUT2D eigenvalue weighted by molar-refractivity contribution is 7.86. The van der Waals surface area contributed by atoms with E-state index in [1.165, 1.54) is 0 Å². The van der Waals surface area contributed by atoms with Crippen molar-refractivity contribution in [3.63, 3.8) is 0 Å². The third-order valence-corrected chi connectivity index (χ3v) is 4.22. The van der Waals surface area contributed by atoms with Crippen LogP contribution in [0.3, 0.4) is 0 Å². The maximum Gasteiger partial charge on any atom is 0.0450 e. The molecular weight excluding hydrogens is 206 g/mol. The summed E-state index contributed by atoms with van der Waals surface area (Å²) in [5.41, 5.74) is 0. The van der Waals surface area contributed by atoms with Crippen LogP contribution in [0, 0.1) is 0 Å². The third kappa shape index (κ3) is 3.08. The van der Waals surface area contributed by atoms with Gasteiger partial charge in [-0.1, -0.05) is 18.2 Å². The lowest BCUT2D eigenvalue weighted by molar-refractivity contribution is 0.292. The van der Waals surface area contributed by atoms with Gasteiger partial charge in [-0.2, -0.15) is 0 Å². The van der Waals surface area contributed by atoms with E-state index in [-0.39, 0.29) is 10.5 Å². The molecule has 2 atom stereocenters. The van der Waals surface area contributed by atoms with Gasteiger partial charge >= 0.3 is 0 Å². The molecule has 2 nitrogen and oxygen atoms in total. The Hall–Kier alpha value is 0.140. The first-order chi connectivity index (χ1) is 6.00. The van der Waals surface area contributed by atoms with Crippen LogP contribution in [-0.2, 0) is 10.8 Å². The highest BCUT2D eigenvalue weighted by Crippen LogP contribution is 2.16. The Morgan fingerprint density at radius 2 is 2.00 bits per heavy atom. The first-order valence-electron chi connectivity index (χ1n) is 4.45. The maximum absolute atomic E-state index is 11.6. The topological polar surface area (TPSA) is 20.3 Å². The van der Waals surface area contributed by atoms with Gasteiger partial charge < -0.3 is 0 Å². The Balaban J connectivity index is 2.53. The Labute approximate surface area is 87.4 Å². The van der Waals surface area contributed by atoms with Crippen LogP contribution in [0.5, 0.6) is 0 Å². The Morgan fingerprint density at radius 3 is 2.38 bits per heavy atom. The van der Waals surface area contributed by atoms with Crippen LogP contribution in [0.4, 0.5) is 0 Å². The van der Waals surface area contributed by atoms with Crippen molar-refractivity contribution in [1.29, 1.82) is 0 Å². The van der Waals surface area contributed by atoms with E-state index < -0.39 is 10.8 Å². The zero-order chi connectivity index (χ0) is 10.0. The molecule has 1 fully saturated rings. The third-order valence-electron chi connectivity index (χ3n) is 2.22. The van der Waals surface area contributed by atoms with Crippen LogP contribution >= 0.6 is 11.6 Å². The molecular formula is C9H16ClNOS. The standard InChI is InChI=1S/C9H16ClNOS/c1-7(10)4-11-5-8(2)13(12)9(3)6-11/h8-9H,1,4-6H2,2-3H3. The molecule has 0 amide bonds. The predicted octanol–water partition coefficient (Wildman–Crippen LogP) is 1.58. The van der Waals surface area contributed by atoms with Gasteiger partial charge in [-0.25, -0.2) is 0 Å². The second kappa shape index (κ2) is 4.58. The van der Waals surface area contributed by atoms with Gasteiger partial charge in [0.05, 0.1) is 0 Å². The molecule has 1 rings (SSSR count). The van der Waals surface area contributed by atoms with E-state index >= 15 is 0 Å². The summed E-state index contributed by atoms with van der Waals surface area (Å²) < 4.78 is 11.6. The summed E-state index contributed by atoms with van der Waals surface area (Å²) in [5.74, 6) is 0. The first kappa shape index (κ1) is 11.2. The van der Waals surface area contributed by atoms with Crippen LogP contribution in [0.2, 0.25) is 0 Å². The quantitative estimate of drug-likeness (QED) is 0.706. The minimum absolute atomic E-state index is 0.250. The molecule has 2 unspecified atom stereocenters. The average molecular weight is 222 g/mol. The summed E-state index contributed by atoms with van der Waals surface area (Å²) in [4.78, 5) is 2.21. The Kier molecular flexibility index (Phi) is 3.95. The fourth-order valence-corrected chi connectivity index (χ4v) is 3.39. The van der Waals surface area contributed by atoms with Crippen LogP contribution in [0.25, 0.3) is 0 Å². The van der Waals surface area contributed by atoms with Crippen molar-refractivity contribution in [2.75, 3.05) is 19.6 Å². The number of hydrogen-bond donors (Lipinski definition) is 0. The van der Waals surface area contributed by atoms with E-state index in [2.05, 4.69) is 11.5 Å². The summed E-state index contributed by atoms with van der Waals surface area (Å²) in [7, 11) is -0.680. The first-order valence-corrected chi connectivity index (χ1v) is 6.11. The van der Waals surface area contributed by atoms with Gasteiger partial charge in [0.15, 0.2) is 0 Å². The monoisotopic (exact) mass is 221 g/mol. The lowest BCUT2D eigenvalue weighted by atomic mass is 10.3. The van der Waals surface area contributed by atoms with E-state index in [1.54, 1.807) is 0 Å². The van der Waals surface area contributed by atoms with E-state index in [1.807, 2.05) is 13.8 Å². The van der Waals surface area contributed by atoms with Crippen molar-refractivity contribution < 1.29 is 4.21 Å². The largest absolute Gasteiger partial charge is 0.296 e. The van der Waals surface area contributed by atoms with Gasteiger partial charge in [0.1, 0.15) is 0 Å². The molecule has 0 N–H and O–H groups in total. The zero-order valence-corrected chi connectivity index (χ0v) is 9.70. The van der Waals surface area contributed by atoms with Crippen LogP contribution < -0.4 is 0 Å². The van der Waals surface area contributed by atoms with E-state index in [0.717, 1.165) is 13.1 Å². The molecule has 4 heteroatoms. The molecule has 0 radical (unpaired) electrons. The van der Waals surface area contributed by atoms with Gasteiger partial charge in [-0.05, 0) is 13.8 Å². The summed E-state index contributed by atoms with van der Waals surface area (Å²) in [6.45, 7) is 10.2. The predicted molar refractivity (Wildman–Crippen MR) is 58.5 cm³/mol. The molecule has 0 bridgehead atoms. The molecule has 0 aromatic heterocycles. The van der Waals surface area contributed by atoms with E-state index in [4.69, 9.17) is 11.6 Å². The highest BCUT2D eigenvalue weighted by atomic mass is 35.5. The van der Waals surface area contributed by atoms with Crippen LogP contribution in [0.1, 0.15) is 13.8 Å². The molecule has 1 heterocycles. The molecule has 0 spiro atoms. The van der Waals surface area contributed by atoms with Gasteiger partial charge in [0, 0.05) is 46.0 Å². The number of hydrogen-bond acceptors (Lipinski definition) is 2. The number of halogens is 1. The Bertz CT molecular complexity index is 218. The molecule has 0 aromatic carbocycles. The highest BCUT2D eigenvalue weighted by Gasteiger charge is 2.28. The fraction of sp³-hybridized carbons (Fsp3) is 0.778. The van der Waals surface area contributed by atoms with Crippen molar-refractivity contribution in [2.45, 2.75) is 24.3 Å². The van der Waals surface area contributed by atoms with Crippen LogP contribution in [-0.4, -0.2) is 39.2 Å². The average Bonchev–Trinajstić information content (AvgIpc) is 1.98. The SMILES string of the molecule is C=C(Cl)CN1CC(C)S(=O)C(C)C1. The summed E-state index contributed by atoms with van der Waals surface area (Å²) in [6.07, 6.45) is 0. The second-order valence-corrected chi connectivity index (χ2v) is 6.46. The molecule has 0 aliphatic carbocycles. The molecule has 1 saturated heterocycles. The van der Waals surface area contributed by atoms with Gasteiger partial charge in [-0.3, -0.25) is 9.11 Å². The molecule has 0 saturated carbocycles. The van der Waals surface area contributed by atoms with Crippen molar-refractivity contribution in [2.24, 2.45) is 0 Å². The van der Waals surface area contributed by atoms with Crippen molar-refractivity contribution in [3.05, 3.63) is 11.6 Å². The summed E-state index contributed by atoms with van der Waals surface area (Å²) >= 11 is 5.73. The lowest BCUT2D eigenvalue weighted by Gasteiger charge is -2.34. The maximum atomic E-state index is 11.6. The summed E-state index contributed by atoms with van der Waals surface area (Å²) in [5, 5.41) is 1.16. The minimum atomic E-state index is -0.680. The molecule has 76 valence electrons.